The van der Waals surface area contributed by atoms with Crippen LogP contribution in [-0.4, -0.2) is 0 Å². The van der Waals surface area contributed by atoms with Gasteiger partial charge in [0.05, 0.1) is 4.83 Å². The van der Waals surface area contributed by atoms with Crippen LogP contribution in [0.25, 0.3) is 0 Å². The molecule has 0 aliphatic heterocycles. The first-order chi connectivity index (χ1) is 8.60. The summed E-state index contributed by atoms with van der Waals surface area (Å²) in [6.07, 6.45) is 1.08. The molecule has 3 heteroatoms. The minimum absolute atomic E-state index is 0.220. The lowest BCUT2D eigenvalue weighted by molar-refractivity contribution is 1.11. The van der Waals surface area contributed by atoms with E-state index in [0.29, 0.717) is 0 Å². The molecular weight excluding hydrogens is 420 g/mol. The van der Waals surface area contributed by atoms with Gasteiger partial charge in [0.25, 0.3) is 0 Å². The number of aryl methyl sites for hydroxylation is 1. The van der Waals surface area contributed by atoms with Crippen molar-refractivity contribution in [2.24, 2.45) is 0 Å². The molecule has 0 saturated heterocycles. The third kappa shape index (κ3) is 3.46. The van der Waals surface area contributed by atoms with Gasteiger partial charge >= 0.3 is 0 Å². The smallest absolute Gasteiger partial charge is 0.0645 e. The lowest BCUT2D eigenvalue weighted by Crippen LogP contribution is -1.93. The summed E-state index contributed by atoms with van der Waals surface area (Å²) in [5, 5.41) is 0. The second-order valence-corrected chi connectivity index (χ2v) is 6.91. The topological polar surface area (TPSA) is 0 Å². The van der Waals surface area contributed by atoms with Crippen LogP contribution in [0.1, 0.15) is 28.4 Å². The van der Waals surface area contributed by atoms with Gasteiger partial charge in [-0.3, -0.25) is 0 Å². The first-order valence-electron chi connectivity index (χ1n) is 5.79. The molecule has 1 unspecified atom stereocenters. The van der Waals surface area contributed by atoms with Gasteiger partial charge in [-0.05, 0) is 41.3 Å². The van der Waals surface area contributed by atoms with Crippen molar-refractivity contribution in [3.05, 3.63) is 68.1 Å². The molecule has 1 atom stereocenters. The van der Waals surface area contributed by atoms with Gasteiger partial charge in [-0.1, -0.05) is 79.0 Å². The van der Waals surface area contributed by atoms with Gasteiger partial charge in [-0.2, -0.15) is 0 Å². The van der Waals surface area contributed by atoms with E-state index < -0.39 is 0 Å². The van der Waals surface area contributed by atoms with Crippen molar-refractivity contribution in [3.63, 3.8) is 0 Å². The van der Waals surface area contributed by atoms with Crippen LogP contribution in [0.5, 0.6) is 0 Å². The fourth-order valence-corrected chi connectivity index (χ4v) is 3.73. The second-order valence-electron chi connectivity index (χ2n) is 4.16. The number of hydrogen-bond donors (Lipinski definition) is 0. The van der Waals surface area contributed by atoms with Gasteiger partial charge in [-0.15, -0.1) is 0 Å². The summed E-state index contributed by atoms with van der Waals surface area (Å²) in [4.78, 5) is 0.220. The Balaban J connectivity index is 2.31. The van der Waals surface area contributed by atoms with Crippen LogP contribution in [-0.2, 0) is 6.42 Å². The van der Waals surface area contributed by atoms with Crippen LogP contribution in [0.15, 0.2) is 51.4 Å². The Bertz CT molecular complexity index is 512. The average Bonchev–Trinajstić information content (AvgIpc) is 2.37. The molecular formula is C15H13Br3. The zero-order valence-corrected chi connectivity index (χ0v) is 14.7. The Morgan fingerprint density at radius 2 is 1.44 bits per heavy atom. The van der Waals surface area contributed by atoms with Crippen molar-refractivity contribution >= 4 is 47.8 Å². The van der Waals surface area contributed by atoms with Crippen LogP contribution in [0.2, 0.25) is 0 Å². The highest BCUT2D eigenvalue weighted by Gasteiger charge is 2.11. The van der Waals surface area contributed by atoms with Crippen molar-refractivity contribution in [2.75, 3.05) is 0 Å². The third-order valence-electron chi connectivity index (χ3n) is 2.86. The summed E-state index contributed by atoms with van der Waals surface area (Å²) < 4.78 is 2.17. The predicted molar refractivity (Wildman–Crippen MR) is 88.4 cm³/mol. The molecule has 0 fully saturated rings. The summed E-state index contributed by atoms with van der Waals surface area (Å²) in [7, 11) is 0. The molecule has 0 aromatic heterocycles. The minimum atomic E-state index is 0.220. The monoisotopic (exact) mass is 430 g/mol. The fraction of sp³-hybridized carbons (Fsp3) is 0.200. The second kappa shape index (κ2) is 6.36. The molecule has 0 saturated carbocycles. The summed E-state index contributed by atoms with van der Waals surface area (Å²) in [5.74, 6) is 0. The first kappa shape index (κ1) is 14.3. The van der Waals surface area contributed by atoms with Crippen molar-refractivity contribution in [2.45, 2.75) is 18.2 Å². The molecule has 2 aromatic rings. The van der Waals surface area contributed by atoms with Crippen LogP contribution < -0.4 is 0 Å². The van der Waals surface area contributed by atoms with E-state index in [4.69, 9.17) is 0 Å². The minimum Gasteiger partial charge on any atom is -0.0786 e. The molecule has 18 heavy (non-hydrogen) atoms. The van der Waals surface area contributed by atoms with E-state index in [1.165, 1.54) is 16.7 Å². The summed E-state index contributed by atoms with van der Waals surface area (Å²) in [6, 6.07) is 15.1. The van der Waals surface area contributed by atoms with E-state index in [0.717, 1.165) is 15.4 Å². The van der Waals surface area contributed by atoms with Gasteiger partial charge in [0.2, 0.25) is 0 Å². The largest absolute Gasteiger partial charge is 0.0786 e. The number of alkyl halides is 1. The zero-order valence-electron chi connectivity index (χ0n) is 9.96. The number of rotatable bonds is 3. The van der Waals surface area contributed by atoms with E-state index in [2.05, 4.69) is 91.1 Å². The Kier molecular flexibility index (Phi) is 5.05. The highest BCUT2D eigenvalue weighted by molar-refractivity contribution is 9.11. The summed E-state index contributed by atoms with van der Waals surface area (Å²) >= 11 is 10.8. The molecule has 0 amide bonds. The standard InChI is InChI=1S/C15H13Br3/c1-2-10-3-5-11(6-4-10)15(18)12-7-13(16)9-14(17)8-12/h3-9,15H,2H2,1H3. The maximum atomic E-state index is 3.77. The number of halogens is 3. The van der Waals surface area contributed by atoms with Crippen LogP contribution in [0, 0.1) is 0 Å². The molecule has 0 radical (unpaired) electrons. The van der Waals surface area contributed by atoms with E-state index in [9.17, 15) is 0 Å². The molecule has 0 heterocycles. The lowest BCUT2D eigenvalue weighted by atomic mass is 10.0. The number of benzene rings is 2. The van der Waals surface area contributed by atoms with Gasteiger partial charge in [0.1, 0.15) is 0 Å². The highest BCUT2D eigenvalue weighted by atomic mass is 79.9. The maximum absolute atomic E-state index is 3.77. The van der Waals surface area contributed by atoms with Gasteiger partial charge < -0.3 is 0 Å². The van der Waals surface area contributed by atoms with Gasteiger partial charge in [-0.25, -0.2) is 0 Å². The molecule has 0 nitrogen and oxygen atoms in total. The molecule has 94 valence electrons. The molecule has 2 rings (SSSR count). The van der Waals surface area contributed by atoms with Crippen molar-refractivity contribution < 1.29 is 0 Å². The van der Waals surface area contributed by atoms with E-state index in [-0.39, 0.29) is 4.83 Å². The zero-order chi connectivity index (χ0) is 13.1. The highest BCUT2D eigenvalue weighted by Crippen LogP contribution is 2.34. The van der Waals surface area contributed by atoms with Gasteiger partial charge in [0.15, 0.2) is 0 Å². The molecule has 0 aliphatic rings. The summed E-state index contributed by atoms with van der Waals surface area (Å²) in [5.41, 5.74) is 3.88. The van der Waals surface area contributed by atoms with Crippen LogP contribution in [0.4, 0.5) is 0 Å². The van der Waals surface area contributed by atoms with Crippen molar-refractivity contribution in [1.29, 1.82) is 0 Å². The van der Waals surface area contributed by atoms with Crippen LogP contribution in [0.3, 0.4) is 0 Å². The van der Waals surface area contributed by atoms with E-state index in [1.807, 2.05) is 6.07 Å². The quantitative estimate of drug-likeness (QED) is 0.502. The van der Waals surface area contributed by atoms with Gasteiger partial charge in [0, 0.05) is 8.95 Å². The fourth-order valence-electron chi connectivity index (χ4n) is 1.84. The molecule has 0 aliphatic carbocycles. The normalized spacial score (nSPS) is 12.4. The van der Waals surface area contributed by atoms with Crippen molar-refractivity contribution in [3.8, 4) is 0 Å². The maximum Gasteiger partial charge on any atom is 0.0645 e. The first-order valence-corrected chi connectivity index (χ1v) is 8.29. The Morgan fingerprint density at radius 1 is 0.889 bits per heavy atom. The Hall–Kier alpha value is -0.120. The SMILES string of the molecule is CCc1ccc(C(Br)c2cc(Br)cc(Br)c2)cc1. The average molecular weight is 433 g/mol. The third-order valence-corrected chi connectivity index (χ3v) is 4.83. The summed E-state index contributed by atoms with van der Waals surface area (Å²) in [6.45, 7) is 2.17. The number of hydrogen-bond acceptors (Lipinski definition) is 0. The molecule has 0 spiro atoms. The van der Waals surface area contributed by atoms with E-state index >= 15 is 0 Å². The molecule has 2 aromatic carbocycles. The van der Waals surface area contributed by atoms with E-state index in [1.54, 1.807) is 0 Å². The Morgan fingerprint density at radius 3 is 1.94 bits per heavy atom. The Labute approximate surface area is 133 Å². The lowest BCUT2D eigenvalue weighted by Gasteiger charge is -2.12. The van der Waals surface area contributed by atoms with Crippen LogP contribution >= 0.6 is 47.8 Å². The van der Waals surface area contributed by atoms with Crippen molar-refractivity contribution in [1.82, 2.24) is 0 Å². The predicted octanol–water partition coefficient (Wildman–Crippen LogP) is 6.26. The molecule has 0 bridgehead atoms. The molecule has 0 N–H and O–H groups in total.